The van der Waals surface area contributed by atoms with Gasteiger partial charge in [-0.3, -0.25) is 4.79 Å². The van der Waals surface area contributed by atoms with E-state index in [2.05, 4.69) is 12.2 Å². The molecule has 2 atom stereocenters. The van der Waals surface area contributed by atoms with E-state index in [9.17, 15) is 4.79 Å². The lowest BCUT2D eigenvalue weighted by molar-refractivity contribution is -0.123. The van der Waals surface area contributed by atoms with E-state index in [1.807, 2.05) is 0 Å². The van der Waals surface area contributed by atoms with Gasteiger partial charge in [-0.25, -0.2) is 0 Å². The fraction of sp³-hybridized carbons (Fsp3) is 0.917. The summed E-state index contributed by atoms with van der Waals surface area (Å²) >= 11 is 0. The Hall–Kier alpha value is -0.610. The molecule has 0 aromatic carbocycles. The minimum Gasteiger partial charge on any atom is -0.396 e. The maximum absolute atomic E-state index is 11.4. The molecule has 4 nitrogen and oxygen atoms in total. The lowest BCUT2D eigenvalue weighted by atomic mass is 9.60. The molecule has 4 N–H and O–H groups in total. The van der Waals surface area contributed by atoms with Crippen molar-refractivity contribution in [2.24, 2.45) is 17.1 Å². The number of carbonyl (C=O) groups excluding carboxylic acids is 1. The van der Waals surface area contributed by atoms with Crippen LogP contribution in [0.3, 0.4) is 0 Å². The first kappa shape index (κ1) is 13.5. The molecule has 0 saturated heterocycles. The van der Waals surface area contributed by atoms with Gasteiger partial charge < -0.3 is 16.2 Å². The van der Waals surface area contributed by atoms with E-state index < -0.39 is 6.04 Å². The van der Waals surface area contributed by atoms with Crippen molar-refractivity contribution in [1.82, 2.24) is 5.32 Å². The fourth-order valence-corrected chi connectivity index (χ4v) is 2.40. The number of amides is 1. The van der Waals surface area contributed by atoms with Crippen LogP contribution in [-0.4, -0.2) is 30.2 Å². The summed E-state index contributed by atoms with van der Waals surface area (Å²) in [6.45, 7) is 4.78. The van der Waals surface area contributed by atoms with Crippen LogP contribution in [0.25, 0.3) is 0 Å². The molecule has 2 unspecified atom stereocenters. The maximum Gasteiger partial charge on any atom is 0.236 e. The first-order chi connectivity index (χ1) is 7.52. The van der Waals surface area contributed by atoms with Crippen LogP contribution in [0.5, 0.6) is 0 Å². The quantitative estimate of drug-likeness (QED) is 0.624. The van der Waals surface area contributed by atoms with E-state index in [4.69, 9.17) is 10.8 Å². The lowest BCUT2D eigenvalue weighted by Crippen LogP contribution is -2.49. The Labute approximate surface area is 97.6 Å². The van der Waals surface area contributed by atoms with E-state index in [0.29, 0.717) is 12.5 Å². The molecule has 1 aliphatic rings. The summed E-state index contributed by atoms with van der Waals surface area (Å²) < 4.78 is 0. The van der Waals surface area contributed by atoms with Crippen molar-refractivity contribution >= 4 is 5.91 Å². The van der Waals surface area contributed by atoms with Crippen molar-refractivity contribution in [1.29, 1.82) is 0 Å². The molecule has 0 heterocycles. The molecule has 0 aliphatic heterocycles. The number of aliphatic hydroxyl groups excluding tert-OH is 1. The molecule has 1 rings (SSSR count). The second-order valence-electron chi connectivity index (χ2n) is 5.14. The monoisotopic (exact) mass is 228 g/mol. The average molecular weight is 228 g/mol. The molecule has 0 aromatic heterocycles. The Bertz CT molecular complexity index is 237. The summed E-state index contributed by atoms with van der Waals surface area (Å²) in [6.07, 6.45) is 4.33. The predicted octanol–water partition coefficient (Wildman–Crippen LogP) is 0.639. The third kappa shape index (κ3) is 2.95. The Kier molecular flexibility index (Phi) is 4.74. The van der Waals surface area contributed by atoms with Gasteiger partial charge in [0.25, 0.3) is 0 Å². The fourth-order valence-electron chi connectivity index (χ4n) is 2.40. The second-order valence-corrected chi connectivity index (χ2v) is 5.14. The van der Waals surface area contributed by atoms with Gasteiger partial charge in [-0.1, -0.05) is 13.3 Å². The summed E-state index contributed by atoms with van der Waals surface area (Å²) in [5.41, 5.74) is 5.71. The smallest absolute Gasteiger partial charge is 0.236 e. The Balaban J connectivity index is 2.44. The highest BCUT2D eigenvalue weighted by Crippen LogP contribution is 2.47. The number of rotatable bonds is 6. The molecule has 0 radical (unpaired) electrons. The van der Waals surface area contributed by atoms with Gasteiger partial charge in [-0.15, -0.1) is 0 Å². The standard InChI is InChI=1S/C12H24N2O2/c1-9(4-7-15)12(5-3-6-12)8-14-11(16)10(2)13/h9-10,15H,3-8,13H2,1-2H3,(H,14,16). The summed E-state index contributed by atoms with van der Waals surface area (Å²) in [6, 6.07) is -0.440. The Morgan fingerprint density at radius 1 is 1.50 bits per heavy atom. The lowest BCUT2D eigenvalue weighted by Gasteiger charge is -2.47. The normalized spacial score (nSPS) is 22.0. The first-order valence-electron chi connectivity index (χ1n) is 6.16. The molecule has 0 aromatic rings. The van der Waals surface area contributed by atoms with Crippen LogP contribution < -0.4 is 11.1 Å². The van der Waals surface area contributed by atoms with Gasteiger partial charge in [0.15, 0.2) is 0 Å². The summed E-state index contributed by atoms with van der Waals surface area (Å²) in [5.74, 6) is 0.377. The van der Waals surface area contributed by atoms with Crippen molar-refractivity contribution in [3.8, 4) is 0 Å². The van der Waals surface area contributed by atoms with Crippen molar-refractivity contribution in [3.63, 3.8) is 0 Å². The van der Waals surface area contributed by atoms with Gasteiger partial charge in [0.1, 0.15) is 0 Å². The zero-order valence-corrected chi connectivity index (χ0v) is 10.3. The molecule has 0 spiro atoms. The summed E-state index contributed by atoms with van der Waals surface area (Å²) in [5, 5.41) is 11.9. The molecule has 4 heteroatoms. The molecule has 1 fully saturated rings. The zero-order chi connectivity index (χ0) is 12.2. The minimum atomic E-state index is -0.440. The largest absolute Gasteiger partial charge is 0.396 e. The number of nitrogens with one attached hydrogen (secondary N) is 1. The first-order valence-corrected chi connectivity index (χ1v) is 6.16. The zero-order valence-electron chi connectivity index (χ0n) is 10.3. The summed E-state index contributed by atoms with van der Waals surface area (Å²) in [7, 11) is 0. The van der Waals surface area contributed by atoms with E-state index in [-0.39, 0.29) is 17.9 Å². The van der Waals surface area contributed by atoms with Crippen molar-refractivity contribution < 1.29 is 9.90 Å². The number of nitrogens with two attached hydrogens (primary N) is 1. The van der Waals surface area contributed by atoms with E-state index in [0.717, 1.165) is 19.3 Å². The van der Waals surface area contributed by atoms with Crippen LogP contribution in [0.1, 0.15) is 39.5 Å². The van der Waals surface area contributed by atoms with E-state index in [1.165, 1.54) is 6.42 Å². The van der Waals surface area contributed by atoms with Gasteiger partial charge in [-0.2, -0.15) is 0 Å². The Morgan fingerprint density at radius 2 is 2.12 bits per heavy atom. The predicted molar refractivity (Wildman–Crippen MR) is 63.8 cm³/mol. The number of carbonyl (C=O) groups is 1. The molecular weight excluding hydrogens is 204 g/mol. The minimum absolute atomic E-state index is 0.0810. The summed E-state index contributed by atoms with van der Waals surface area (Å²) in [4.78, 5) is 11.4. The van der Waals surface area contributed by atoms with Crippen molar-refractivity contribution in [3.05, 3.63) is 0 Å². The van der Waals surface area contributed by atoms with Crippen molar-refractivity contribution in [2.45, 2.75) is 45.6 Å². The second kappa shape index (κ2) is 5.64. The molecule has 1 amide bonds. The van der Waals surface area contributed by atoms with Crippen LogP contribution in [0.15, 0.2) is 0 Å². The van der Waals surface area contributed by atoms with Crippen LogP contribution in [0, 0.1) is 11.3 Å². The number of hydrogen-bond acceptors (Lipinski definition) is 3. The third-order valence-corrected chi connectivity index (χ3v) is 3.99. The molecular formula is C12H24N2O2. The highest BCUT2D eigenvalue weighted by molar-refractivity contribution is 5.80. The van der Waals surface area contributed by atoms with Gasteiger partial charge in [0.05, 0.1) is 6.04 Å². The SMILES string of the molecule is CC(N)C(=O)NCC1(C(C)CCO)CCC1. The van der Waals surface area contributed by atoms with E-state index in [1.54, 1.807) is 6.92 Å². The molecule has 0 bridgehead atoms. The molecule has 94 valence electrons. The van der Waals surface area contributed by atoms with Gasteiger partial charge >= 0.3 is 0 Å². The average Bonchev–Trinajstić information content (AvgIpc) is 2.16. The van der Waals surface area contributed by atoms with Crippen LogP contribution >= 0.6 is 0 Å². The molecule has 16 heavy (non-hydrogen) atoms. The van der Waals surface area contributed by atoms with Gasteiger partial charge in [-0.05, 0) is 37.5 Å². The van der Waals surface area contributed by atoms with Crippen LogP contribution in [0.2, 0.25) is 0 Å². The van der Waals surface area contributed by atoms with Gasteiger partial charge in [0.2, 0.25) is 5.91 Å². The van der Waals surface area contributed by atoms with Crippen LogP contribution in [-0.2, 0) is 4.79 Å². The van der Waals surface area contributed by atoms with Crippen molar-refractivity contribution in [2.75, 3.05) is 13.2 Å². The highest BCUT2D eigenvalue weighted by Gasteiger charge is 2.41. The molecule has 1 aliphatic carbocycles. The third-order valence-electron chi connectivity index (χ3n) is 3.99. The molecule has 1 saturated carbocycles. The Morgan fingerprint density at radius 3 is 2.50 bits per heavy atom. The number of hydrogen-bond donors (Lipinski definition) is 3. The topological polar surface area (TPSA) is 75.4 Å². The highest BCUT2D eigenvalue weighted by atomic mass is 16.3. The number of aliphatic hydroxyl groups is 1. The van der Waals surface area contributed by atoms with Crippen LogP contribution in [0.4, 0.5) is 0 Å². The van der Waals surface area contributed by atoms with E-state index >= 15 is 0 Å². The van der Waals surface area contributed by atoms with Gasteiger partial charge in [0, 0.05) is 13.2 Å². The maximum atomic E-state index is 11.4.